The van der Waals surface area contributed by atoms with Crippen molar-refractivity contribution in [1.29, 1.82) is 0 Å². The minimum atomic E-state index is -0.723. The fourth-order valence-corrected chi connectivity index (χ4v) is 2.70. The molecule has 2 aromatic rings. The van der Waals surface area contributed by atoms with Gasteiger partial charge in [0.05, 0.1) is 10.6 Å². The Morgan fingerprint density at radius 3 is 2.21 bits per heavy atom. The molecule has 0 spiro atoms. The highest BCUT2D eigenvalue weighted by Gasteiger charge is 2.14. The third-order valence-electron chi connectivity index (χ3n) is 4.00. The summed E-state index contributed by atoms with van der Waals surface area (Å²) in [7, 11) is 0. The first-order valence-electron chi connectivity index (χ1n) is 8.82. The number of amides is 2. The molecule has 7 nitrogen and oxygen atoms in total. The molecule has 2 N–H and O–H groups in total. The maximum absolute atomic E-state index is 12.1. The average Bonchev–Trinajstić information content (AvgIpc) is 2.72. The van der Waals surface area contributed by atoms with Gasteiger partial charge in [-0.05, 0) is 50.2 Å². The van der Waals surface area contributed by atoms with Crippen molar-refractivity contribution in [2.24, 2.45) is 0 Å². The molecule has 0 atom stereocenters. The summed E-state index contributed by atoms with van der Waals surface area (Å²) in [6.45, 7) is 5.29. The summed E-state index contributed by atoms with van der Waals surface area (Å²) in [5, 5.41) is 0.231. The number of anilines is 1. The van der Waals surface area contributed by atoms with Gasteiger partial charge in [0, 0.05) is 24.3 Å². The van der Waals surface area contributed by atoms with Crippen LogP contribution in [0.1, 0.15) is 34.6 Å². The van der Waals surface area contributed by atoms with Crippen molar-refractivity contribution in [2.45, 2.75) is 13.8 Å². The molecule has 0 unspecified atom stereocenters. The molecule has 8 heteroatoms. The van der Waals surface area contributed by atoms with Gasteiger partial charge in [0.15, 0.2) is 6.61 Å². The number of rotatable bonds is 7. The first-order valence-corrected chi connectivity index (χ1v) is 9.19. The smallest absolute Gasteiger partial charge is 0.340 e. The fourth-order valence-electron chi connectivity index (χ4n) is 2.48. The molecule has 0 heterocycles. The Morgan fingerprint density at radius 2 is 1.61 bits per heavy atom. The zero-order valence-electron chi connectivity index (χ0n) is 15.7. The van der Waals surface area contributed by atoms with Crippen molar-refractivity contribution in [1.82, 2.24) is 10.9 Å². The third kappa shape index (κ3) is 5.72. The van der Waals surface area contributed by atoms with E-state index in [0.29, 0.717) is 5.56 Å². The molecular weight excluding hydrogens is 382 g/mol. The minimum absolute atomic E-state index is 0.161. The summed E-state index contributed by atoms with van der Waals surface area (Å²) >= 11 is 5.89. The number of hydrogen-bond donors (Lipinski definition) is 2. The van der Waals surface area contributed by atoms with Crippen molar-refractivity contribution in [3.63, 3.8) is 0 Å². The first kappa shape index (κ1) is 21.2. The average molecular weight is 404 g/mol. The van der Waals surface area contributed by atoms with Crippen molar-refractivity contribution >= 4 is 35.1 Å². The van der Waals surface area contributed by atoms with Gasteiger partial charge in [-0.25, -0.2) is 4.79 Å². The predicted molar refractivity (Wildman–Crippen MR) is 107 cm³/mol. The van der Waals surface area contributed by atoms with Gasteiger partial charge in [0.2, 0.25) is 0 Å². The standard InChI is InChI=1S/C20H22ClN3O4/c1-3-24(4-2)15-11-9-14(10-12-15)19(26)23-22-18(25)13-28-20(27)16-7-5-6-8-17(16)21/h5-12H,3-4,13H2,1-2H3,(H,22,25)(H,23,26). The molecule has 0 aliphatic rings. The largest absolute Gasteiger partial charge is 0.452 e. The van der Waals surface area contributed by atoms with Crippen molar-refractivity contribution in [3.05, 3.63) is 64.7 Å². The highest BCUT2D eigenvalue weighted by Crippen LogP contribution is 2.16. The van der Waals surface area contributed by atoms with Crippen LogP contribution in [0, 0.1) is 0 Å². The van der Waals surface area contributed by atoms with E-state index in [-0.39, 0.29) is 10.6 Å². The first-order chi connectivity index (χ1) is 13.5. The van der Waals surface area contributed by atoms with E-state index in [1.54, 1.807) is 30.3 Å². The van der Waals surface area contributed by atoms with Gasteiger partial charge in [0.1, 0.15) is 0 Å². The topological polar surface area (TPSA) is 87.7 Å². The van der Waals surface area contributed by atoms with Crippen LogP contribution in [0.3, 0.4) is 0 Å². The summed E-state index contributed by atoms with van der Waals surface area (Å²) in [6, 6.07) is 13.4. The Labute approximate surface area is 168 Å². The van der Waals surface area contributed by atoms with E-state index in [2.05, 4.69) is 29.6 Å². The zero-order chi connectivity index (χ0) is 20.5. The van der Waals surface area contributed by atoms with Crippen LogP contribution in [0.5, 0.6) is 0 Å². The molecule has 28 heavy (non-hydrogen) atoms. The fraction of sp³-hybridized carbons (Fsp3) is 0.250. The third-order valence-corrected chi connectivity index (χ3v) is 4.33. The number of nitrogens with zero attached hydrogens (tertiary/aromatic N) is 1. The van der Waals surface area contributed by atoms with Crippen molar-refractivity contribution in [2.75, 3.05) is 24.6 Å². The Kier molecular flexibility index (Phi) is 7.83. The number of hydrazine groups is 1. The Morgan fingerprint density at radius 1 is 0.964 bits per heavy atom. The summed E-state index contributed by atoms with van der Waals surface area (Å²) < 4.78 is 4.88. The van der Waals surface area contributed by atoms with Gasteiger partial charge in [-0.1, -0.05) is 23.7 Å². The number of esters is 1. The van der Waals surface area contributed by atoms with E-state index in [9.17, 15) is 14.4 Å². The highest BCUT2D eigenvalue weighted by atomic mass is 35.5. The molecule has 0 bridgehead atoms. The lowest BCUT2D eigenvalue weighted by atomic mass is 10.2. The van der Waals surface area contributed by atoms with Crippen molar-refractivity contribution in [3.8, 4) is 0 Å². The molecule has 0 saturated heterocycles. The molecular formula is C20H22ClN3O4. The number of benzene rings is 2. The zero-order valence-corrected chi connectivity index (χ0v) is 16.5. The van der Waals surface area contributed by atoms with Crippen LogP contribution >= 0.6 is 11.6 Å². The van der Waals surface area contributed by atoms with E-state index >= 15 is 0 Å². The quantitative estimate of drug-likeness (QED) is 0.548. The van der Waals surface area contributed by atoms with Crippen LogP contribution in [0.2, 0.25) is 5.02 Å². The number of ether oxygens (including phenoxy) is 1. The maximum Gasteiger partial charge on any atom is 0.340 e. The van der Waals surface area contributed by atoms with Crippen LogP contribution in [0.4, 0.5) is 5.69 Å². The number of halogens is 1. The highest BCUT2D eigenvalue weighted by molar-refractivity contribution is 6.33. The number of nitrogens with one attached hydrogen (secondary N) is 2. The van der Waals surface area contributed by atoms with E-state index in [0.717, 1.165) is 18.8 Å². The molecule has 0 fully saturated rings. The Hall–Kier alpha value is -3.06. The number of carbonyl (C=O) groups excluding carboxylic acids is 3. The second-order valence-electron chi connectivity index (χ2n) is 5.78. The molecule has 2 amide bonds. The van der Waals surface area contributed by atoms with Crippen molar-refractivity contribution < 1.29 is 19.1 Å². The summed E-state index contributed by atoms with van der Waals surface area (Å²) in [6.07, 6.45) is 0. The second kappa shape index (κ2) is 10.3. The van der Waals surface area contributed by atoms with Crippen LogP contribution in [-0.4, -0.2) is 37.5 Å². The van der Waals surface area contributed by atoms with Gasteiger partial charge in [0.25, 0.3) is 11.8 Å². The molecule has 2 rings (SSSR count). The lowest BCUT2D eigenvalue weighted by Gasteiger charge is -2.21. The van der Waals surface area contributed by atoms with Gasteiger partial charge in [-0.3, -0.25) is 20.4 Å². The predicted octanol–water partition coefficient (Wildman–Crippen LogP) is 2.80. The van der Waals surface area contributed by atoms with Crippen LogP contribution in [-0.2, 0) is 9.53 Å². The minimum Gasteiger partial charge on any atom is -0.452 e. The summed E-state index contributed by atoms with van der Waals surface area (Å²) in [4.78, 5) is 37.9. The Bertz CT molecular complexity index is 836. The normalized spacial score (nSPS) is 10.1. The van der Waals surface area contributed by atoms with E-state index < -0.39 is 24.4 Å². The lowest BCUT2D eigenvalue weighted by molar-refractivity contribution is -0.125. The van der Waals surface area contributed by atoms with Crippen LogP contribution in [0.25, 0.3) is 0 Å². The van der Waals surface area contributed by atoms with Gasteiger partial charge in [-0.15, -0.1) is 0 Å². The van der Waals surface area contributed by atoms with Gasteiger partial charge >= 0.3 is 5.97 Å². The van der Waals surface area contributed by atoms with Crippen LogP contribution < -0.4 is 15.8 Å². The SMILES string of the molecule is CCN(CC)c1ccc(C(=O)NNC(=O)COC(=O)c2ccccc2Cl)cc1. The molecule has 148 valence electrons. The number of carbonyl (C=O) groups is 3. The van der Waals surface area contributed by atoms with E-state index in [4.69, 9.17) is 16.3 Å². The molecule has 0 aliphatic carbocycles. The molecule has 0 saturated carbocycles. The maximum atomic E-state index is 12.1. The van der Waals surface area contributed by atoms with Gasteiger partial charge in [-0.2, -0.15) is 0 Å². The number of hydrogen-bond acceptors (Lipinski definition) is 5. The molecule has 2 aromatic carbocycles. The lowest BCUT2D eigenvalue weighted by Crippen LogP contribution is -2.43. The van der Waals surface area contributed by atoms with Gasteiger partial charge < -0.3 is 9.64 Å². The molecule has 0 aliphatic heterocycles. The van der Waals surface area contributed by atoms with E-state index in [1.165, 1.54) is 6.07 Å². The van der Waals surface area contributed by atoms with E-state index in [1.807, 2.05) is 12.1 Å². The molecule has 0 aromatic heterocycles. The monoisotopic (exact) mass is 403 g/mol. The summed E-state index contributed by atoms with van der Waals surface area (Å²) in [5.74, 6) is -1.87. The van der Waals surface area contributed by atoms with Crippen LogP contribution in [0.15, 0.2) is 48.5 Å². The second-order valence-corrected chi connectivity index (χ2v) is 6.18. The molecule has 0 radical (unpaired) electrons. The Balaban J connectivity index is 1.81. The summed E-state index contributed by atoms with van der Waals surface area (Å²) in [5.41, 5.74) is 6.05.